The number of carbonyl (C=O) groups is 1. The van der Waals surface area contributed by atoms with E-state index in [1.54, 1.807) is 0 Å². The molecule has 1 unspecified atom stereocenters. The van der Waals surface area contributed by atoms with Crippen LogP contribution in [0.2, 0.25) is 0 Å². The maximum Gasteiger partial charge on any atom is 0.221 e. The van der Waals surface area contributed by atoms with Crippen molar-refractivity contribution in [3.8, 4) is 5.75 Å². The normalized spacial score (nSPS) is 11.9. The highest BCUT2D eigenvalue weighted by Gasteiger charge is 2.06. The molecule has 1 atom stereocenters. The minimum atomic E-state index is 0.109. The lowest BCUT2D eigenvalue weighted by Gasteiger charge is -2.14. The molecular formula is C16H26N2O2. The fourth-order valence-corrected chi connectivity index (χ4v) is 1.89. The number of amides is 1. The molecule has 0 bridgehead atoms. The Kier molecular flexibility index (Phi) is 7.73. The Balaban J connectivity index is 2.31. The molecule has 4 nitrogen and oxygen atoms in total. The van der Waals surface area contributed by atoms with Gasteiger partial charge in [0.05, 0.1) is 6.61 Å². The second-order valence-corrected chi connectivity index (χ2v) is 4.78. The zero-order valence-corrected chi connectivity index (χ0v) is 12.7. The van der Waals surface area contributed by atoms with E-state index in [2.05, 4.69) is 29.7 Å². The Bertz CT molecular complexity index is 390. The van der Waals surface area contributed by atoms with Crippen LogP contribution in [-0.4, -0.2) is 25.6 Å². The van der Waals surface area contributed by atoms with E-state index < -0.39 is 0 Å². The molecule has 0 spiro atoms. The first kappa shape index (κ1) is 16.5. The van der Waals surface area contributed by atoms with Crippen LogP contribution in [0.4, 0.5) is 0 Å². The second-order valence-electron chi connectivity index (χ2n) is 4.78. The quantitative estimate of drug-likeness (QED) is 0.730. The lowest BCUT2D eigenvalue weighted by atomic mass is 10.1. The van der Waals surface area contributed by atoms with Gasteiger partial charge in [-0.25, -0.2) is 0 Å². The van der Waals surface area contributed by atoms with Gasteiger partial charge >= 0.3 is 0 Å². The standard InChI is InChI=1S/C16H26N2O2/c1-4-11-18-16(19)10-12-17-13(3)14-6-8-15(9-7-14)20-5-2/h6-9,13,17H,4-5,10-12H2,1-3H3,(H,18,19). The molecule has 1 aromatic carbocycles. The van der Waals surface area contributed by atoms with Gasteiger partial charge in [-0.2, -0.15) is 0 Å². The SMILES string of the molecule is CCCNC(=O)CCNC(C)c1ccc(OCC)cc1. The maximum absolute atomic E-state index is 11.5. The summed E-state index contributed by atoms with van der Waals surface area (Å²) in [5, 5.41) is 6.23. The van der Waals surface area contributed by atoms with Crippen LogP contribution >= 0.6 is 0 Å². The van der Waals surface area contributed by atoms with E-state index in [-0.39, 0.29) is 11.9 Å². The number of hydrogen-bond acceptors (Lipinski definition) is 3. The number of ether oxygens (including phenoxy) is 1. The minimum Gasteiger partial charge on any atom is -0.494 e. The lowest BCUT2D eigenvalue weighted by Crippen LogP contribution is -2.29. The monoisotopic (exact) mass is 278 g/mol. The Morgan fingerprint density at radius 2 is 1.90 bits per heavy atom. The zero-order chi connectivity index (χ0) is 14.8. The van der Waals surface area contributed by atoms with Crippen LogP contribution in [0.5, 0.6) is 5.75 Å². The minimum absolute atomic E-state index is 0.109. The third-order valence-corrected chi connectivity index (χ3v) is 3.07. The molecule has 0 radical (unpaired) electrons. The topological polar surface area (TPSA) is 50.4 Å². The van der Waals surface area contributed by atoms with Crippen molar-refractivity contribution in [2.75, 3.05) is 19.7 Å². The van der Waals surface area contributed by atoms with Gasteiger partial charge in [-0.15, -0.1) is 0 Å². The molecule has 1 amide bonds. The fourth-order valence-electron chi connectivity index (χ4n) is 1.89. The van der Waals surface area contributed by atoms with E-state index in [1.807, 2.05) is 26.0 Å². The molecule has 0 aliphatic carbocycles. The Morgan fingerprint density at radius 3 is 2.50 bits per heavy atom. The van der Waals surface area contributed by atoms with Gasteiger partial charge in [0.2, 0.25) is 5.91 Å². The van der Waals surface area contributed by atoms with Crippen molar-refractivity contribution in [1.29, 1.82) is 0 Å². The van der Waals surface area contributed by atoms with Gasteiger partial charge < -0.3 is 15.4 Å². The van der Waals surface area contributed by atoms with E-state index in [9.17, 15) is 4.79 Å². The molecule has 0 aromatic heterocycles. The molecule has 0 aliphatic rings. The Morgan fingerprint density at radius 1 is 1.20 bits per heavy atom. The average Bonchev–Trinajstić information content (AvgIpc) is 2.46. The summed E-state index contributed by atoms with van der Waals surface area (Å²) in [6, 6.07) is 8.29. The molecule has 20 heavy (non-hydrogen) atoms. The highest BCUT2D eigenvalue weighted by molar-refractivity contribution is 5.75. The maximum atomic E-state index is 11.5. The van der Waals surface area contributed by atoms with E-state index in [0.29, 0.717) is 19.6 Å². The largest absolute Gasteiger partial charge is 0.494 e. The van der Waals surface area contributed by atoms with E-state index in [0.717, 1.165) is 18.7 Å². The van der Waals surface area contributed by atoms with Crippen molar-refractivity contribution in [1.82, 2.24) is 10.6 Å². The third-order valence-electron chi connectivity index (χ3n) is 3.07. The van der Waals surface area contributed by atoms with E-state index in [4.69, 9.17) is 4.74 Å². The first-order chi connectivity index (χ1) is 9.67. The molecule has 2 N–H and O–H groups in total. The van der Waals surface area contributed by atoms with Gasteiger partial charge in [-0.05, 0) is 38.0 Å². The van der Waals surface area contributed by atoms with Gasteiger partial charge in [0.25, 0.3) is 0 Å². The van der Waals surface area contributed by atoms with Gasteiger partial charge in [0, 0.05) is 25.6 Å². The number of carbonyl (C=O) groups excluding carboxylic acids is 1. The van der Waals surface area contributed by atoms with E-state index in [1.165, 1.54) is 5.56 Å². The summed E-state index contributed by atoms with van der Waals surface area (Å²) in [6.07, 6.45) is 1.49. The highest BCUT2D eigenvalue weighted by atomic mass is 16.5. The number of rotatable bonds is 9. The summed E-state index contributed by atoms with van der Waals surface area (Å²) >= 11 is 0. The van der Waals surface area contributed by atoms with Crippen LogP contribution in [-0.2, 0) is 4.79 Å². The average molecular weight is 278 g/mol. The smallest absolute Gasteiger partial charge is 0.221 e. The number of nitrogens with one attached hydrogen (secondary N) is 2. The van der Waals surface area contributed by atoms with Crippen molar-refractivity contribution < 1.29 is 9.53 Å². The molecule has 0 aliphatic heterocycles. The van der Waals surface area contributed by atoms with Crippen LogP contribution in [0.3, 0.4) is 0 Å². The molecule has 1 rings (SSSR count). The molecule has 0 heterocycles. The van der Waals surface area contributed by atoms with Gasteiger partial charge in [-0.1, -0.05) is 19.1 Å². The molecule has 0 saturated carbocycles. The summed E-state index contributed by atoms with van der Waals surface area (Å²) in [7, 11) is 0. The summed E-state index contributed by atoms with van der Waals surface area (Å²) in [5.41, 5.74) is 1.20. The summed E-state index contributed by atoms with van der Waals surface area (Å²) in [4.78, 5) is 11.5. The van der Waals surface area contributed by atoms with Gasteiger partial charge in [0.15, 0.2) is 0 Å². The van der Waals surface area contributed by atoms with Gasteiger partial charge in [0.1, 0.15) is 5.75 Å². The summed E-state index contributed by atoms with van der Waals surface area (Å²) < 4.78 is 5.42. The first-order valence-electron chi connectivity index (χ1n) is 7.40. The van der Waals surface area contributed by atoms with Crippen molar-refractivity contribution >= 4 is 5.91 Å². The van der Waals surface area contributed by atoms with Crippen molar-refractivity contribution in [2.24, 2.45) is 0 Å². The molecule has 0 saturated heterocycles. The molecule has 4 heteroatoms. The summed E-state index contributed by atoms with van der Waals surface area (Å²) in [6.45, 7) is 8.24. The third kappa shape index (κ3) is 6.06. The molecule has 1 aromatic rings. The first-order valence-corrected chi connectivity index (χ1v) is 7.40. The predicted molar refractivity (Wildman–Crippen MR) is 81.9 cm³/mol. The summed E-state index contributed by atoms with van der Waals surface area (Å²) in [5.74, 6) is 1.00. The number of hydrogen-bond donors (Lipinski definition) is 2. The Labute approximate surface area is 121 Å². The van der Waals surface area contributed by atoms with Crippen LogP contribution in [0, 0.1) is 0 Å². The lowest BCUT2D eigenvalue weighted by molar-refractivity contribution is -0.121. The highest BCUT2D eigenvalue weighted by Crippen LogP contribution is 2.17. The van der Waals surface area contributed by atoms with Crippen molar-refractivity contribution in [2.45, 2.75) is 39.7 Å². The Hall–Kier alpha value is -1.55. The van der Waals surface area contributed by atoms with Crippen molar-refractivity contribution in [3.63, 3.8) is 0 Å². The van der Waals surface area contributed by atoms with Crippen LogP contribution in [0.15, 0.2) is 24.3 Å². The second kappa shape index (κ2) is 9.37. The molecular weight excluding hydrogens is 252 g/mol. The fraction of sp³-hybridized carbons (Fsp3) is 0.562. The van der Waals surface area contributed by atoms with Crippen LogP contribution in [0.1, 0.15) is 45.2 Å². The number of benzene rings is 1. The van der Waals surface area contributed by atoms with Crippen LogP contribution in [0.25, 0.3) is 0 Å². The molecule has 112 valence electrons. The zero-order valence-electron chi connectivity index (χ0n) is 12.7. The molecule has 0 fully saturated rings. The predicted octanol–water partition coefficient (Wildman–Crippen LogP) is 2.65. The van der Waals surface area contributed by atoms with Crippen molar-refractivity contribution in [3.05, 3.63) is 29.8 Å². The van der Waals surface area contributed by atoms with Gasteiger partial charge in [-0.3, -0.25) is 4.79 Å². The van der Waals surface area contributed by atoms with Crippen LogP contribution < -0.4 is 15.4 Å². The van der Waals surface area contributed by atoms with E-state index >= 15 is 0 Å².